The van der Waals surface area contributed by atoms with Crippen molar-refractivity contribution in [2.45, 2.75) is 6.42 Å². The smallest absolute Gasteiger partial charge is 0.135 e. The lowest BCUT2D eigenvalue weighted by Gasteiger charge is -2.18. The second kappa shape index (κ2) is 8.14. The molecule has 1 N–H and O–H groups in total. The lowest BCUT2D eigenvalue weighted by atomic mass is 10.2. The Hall–Kier alpha value is -2.37. The van der Waals surface area contributed by atoms with Gasteiger partial charge in [0, 0.05) is 37.1 Å². The molecular weight excluding hydrogens is 357 g/mol. The molecule has 128 valence electrons. The molecular formula is C18H17Cl2N5. The highest BCUT2D eigenvalue weighted by Crippen LogP contribution is 2.28. The maximum absolute atomic E-state index is 6.19. The number of halogens is 2. The van der Waals surface area contributed by atoms with Crippen LogP contribution in [0.25, 0.3) is 0 Å². The number of nitrogens with zero attached hydrogens (tertiary/aromatic N) is 4. The molecule has 1 aromatic carbocycles. The summed E-state index contributed by atoms with van der Waals surface area (Å²) in [5.41, 5.74) is 1.98. The molecule has 0 fully saturated rings. The number of aromatic nitrogens is 3. The fourth-order valence-electron chi connectivity index (χ4n) is 2.31. The van der Waals surface area contributed by atoms with Gasteiger partial charge in [0.15, 0.2) is 0 Å². The minimum absolute atomic E-state index is 0.540. The molecule has 2 heterocycles. The number of likely N-dealkylation sites (N-methyl/N-ethyl adjacent to an activating group) is 1. The first kappa shape index (κ1) is 17.5. The lowest BCUT2D eigenvalue weighted by molar-refractivity contribution is 0.855. The molecule has 3 aromatic rings. The van der Waals surface area contributed by atoms with Crippen LogP contribution in [0, 0.1) is 0 Å². The number of pyridine rings is 1. The molecule has 0 unspecified atom stereocenters. The van der Waals surface area contributed by atoms with Crippen LogP contribution < -0.4 is 10.2 Å². The van der Waals surface area contributed by atoms with Crippen LogP contribution in [-0.4, -0.2) is 28.5 Å². The van der Waals surface area contributed by atoms with Crippen LogP contribution in [0.3, 0.4) is 0 Å². The van der Waals surface area contributed by atoms with Gasteiger partial charge in [-0.3, -0.25) is 4.98 Å². The van der Waals surface area contributed by atoms with Gasteiger partial charge in [-0.15, -0.1) is 0 Å². The van der Waals surface area contributed by atoms with Crippen molar-refractivity contribution in [3.63, 3.8) is 0 Å². The van der Waals surface area contributed by atoms with Crippen molar-refractivity contribution in [3.8, 4) is 0 Å². The summed E-state index contributed by atoms with van der Waals surface area (Å²) in [6.07, 6.45) is 6.05. The molecule has 0 bridgehead atoms. The number of benzene rings is 1. The SMILES string of the molecule is CN(CCc1ccncc1)c1cc(Nc2ccc(Cl)cc2Cl)ncn1. The number of rotatable bonds is 6. The minimum atomic E-state index is 0.540. The van der Waals surface area contributed by atoms with Crippen LogP contribution in [0.15, 0.2) is 55.1 Å². The summed E-state index contributed by atoms with van der Waals surface area (Å²) in [4.78, 5) is 14.7. The number of nitrogens with one attached hydrogen (secondary N) is 1. The van der Waals surface area contributed by atoms with Gasteiger partial charge in [-0.25, -0.2) is 9.97 Å². The van der Waals surface area contributed by atoms with Gasteiger partial charge >= 0.3 is 0 Å². The van der Waals surface area contributed by atoms with Gasteiger partial charge in [-0.1, -0.05) is 23.2 Å². The van der Waals surface area contributed by atoms with E-state index in [-0.39, 0.29) is 0 Å². The Morgan fingerprint density at radius 2 is 1.84 bits per heavy atom. The molecule has 0 atom stereocenters. The Morgan fingerprint density at radius 3 is 2.60 bits per heavy atom. The zero-order chi connectivity index (χ0) is 17.6. The Bertz CT molecular complexity index is 842. The number of hydrogen-bond acceptors (Lipinski definition) is 5. The molecule has 5 nitrogen and oxygen atoms in total. The van der Waals surface area contributed by atoms with Crippen molar-refractivity contribution in [1.82, 2.24) is 15.0 Å². The predicted octanol–water partition coefficient (Wildman–Crippen LogP) is 4.60. The van der Waals surface area contributed by atoms with Gasteiger partial charge in [0.2, 0.25) is 0 Å². The first-order chi connectivity index (χ1) is 12.1. The highest BCUT2D eigenvalue weighted by atomic mass is 35.5. The zero-order valence-corrected chi connectivity index (χ0v) is 15.2. The third-order valence-electron chi connectivity index (χ3n) is 3.72. The maximum Gasteiger partial charge on any atom is 0.135 e. The summed E-state index contributed by atoms with van der Waals surface area (Å²) >= 11 is 12.1. The summed E-state index contributed by atoms with van der Waals surface area (Å²) in [6.45, 7) is 0.835. The maximum atomic E-state index is 6.19. The van der Waals surface area contributed by atoms with Gasteiger partial charge in [-0.2, -0.15) is 0 Å². The second-order valence-corrected chi connectivity index (χ2v) is 6.38. The van der Waals surface area contributed by atoms with Crippen LogP contribution in [0.2, 0.25) is 10.0 Å². The molecule has 7 heteroatoms. The molecule has 0 amide bonds. The molecule has 0 radical (unpaired) electrons. The third-order valence-corrected chi connectivity index (χ3v) is 4.27. The van der Waals surface area contributed by atoms with Gasteiger partial charge < -0.3 is 10.2 Å². The molecule has 0 aliphatic heterocycles. The van der Waals surface area contributed by atoms with Crippen molar-refractivity contribution >= 4 is 40.5 Å². The van der Waals surface area contributed by atoms with E-state index in [1.807, 2.05) is 31.3 Å². The fourth-order valence-corrected chi connectivity index (χ4v) is 2.77. The summed E-state index contributed by atoms with van der Waals surface area (Å²) in [6, 6.07) is 11.2. The van der Waals surface area contributed by atoms with Crippen molar-refractivity contribution in [3.05, 3.63) is 70.7 Å². The van der Waals surface area contributed by atoms with E-state index < -0.39 is 0 Å². The molecule has 0 aliphatic rings. The van der Waals surface area contributed by atoms with Gasteiger partial charge in [0.05, 0.1) is 10.7 Å². The molecule has 0 saturated heterocycles. The fraction of sp³-hybridized carbons (Fsp3) is 0.167. The van der Waals surface area contributed by atoms with Gasteiger partial charge in [-0.05, 0) is 42.3 Å². The first-order valence-corrected chi connectivity index (χ1v) is 8.51. The highest BCUT2D eigenvalue weighted by Gasteiger charge is 2.07. The predicted molar refractivity (Wildman–Crippen MR) is 103 cm³/mol. The van der Waals surface area contributed by atoms with Crippen molar-refractivity contribution in [2.24, 2.45) is 0 Å². The van der Waals surface area contributed by atoms with Crippen molar-refractivity contribution in [2.75, 3.05) is 23.8 Å². The van der Waals surface area contributed by atoms with E-state index in [1.165, 1.54) is 11.9 Å². The molecule has 3 rings (SSSR count). The largest absolute Gasteiger partial charge is 0.359 e. The zero-order valence-electron chi connectivity index (χ0n) is 13.7. The van der Waals surface area contributed by atoms with Crippen molar-refractivity contribution in [1.29, 1.82) is 0 Å². The molecule has 0 saturated carbocycles. The van der Waals surface area contributed by atoms with Crippen LogP contribution in [0.5, 0.6) is 0 Å². The average Bonchev–Trinajstić information content (AvgIpc) is 2.63. The monoisotopic (exact) mass is 373 g/mol. The Kier molecular flexibility index (Phi) is 5.68. The number of hydrogen-bond donors (Lipinski definition) is 1. The van der Waals surface area contributed by atoms with E-state index in [0.717, 1.165) is 24.5 Å². The Balaban J connectivity index is 1.68. The summed E-state index contributed by atoms with van der Waals surface area (Å²) < 4.78 is 0. The molecule has 2 aromatic heterocycles. The van der Waals surface area contributed by atoms with E-state index in [4.69, 9.17) is 23.2 Å². The molecule has 0 spiro atoms. The Labute approximate surface area is 156 Å². The van der Waals surface area contributed by atoms with Crippen LogP contribution in [0.4, 0.5) is 17.3 Å². The van der Waals surface area contributed by atoms with E-state index >= 15 is 0 Å². The van der Waals surface area contributed by atoms with E-state index in [0.29, 0.717) is 15.9 Å². The Morgan fingerprint density at radius 1 is 1.04 bits per heavy atom. The summed E-state index contributed by atoms with van der Waals surface area (Å²) in [7, 11) is 2.00. The second-order valence-electron chi connectivity index (χ2n) is 5.54. The average molecular weight is 374 g/mol. The minimum Gasteiger partial charge on any atom is -0.359 e. The quantitative estimate of drug-likeness (QED) is 0.683. The third kappa shape index (κ3) is 4.81. The van der Waals surface area contributed by atoms with Crippen LogP contribution in [-0.2, 0) is 6.42 Å². The summed E-state index contributed by atoms with van der Waals surface area (Å²) in [5.74, 6) is 1.50. The van der Waals surface area contributed by atoms with E-state index in [1.54, 1.807) is 24.5 Å². The molecule has 25 heavy (non-hydrogen) atoms. The van der Waals surface area contributed by atoms with E-state index in [9.17, 15) is 0 Å². The lowest BCUT2D eigenvalue weighted by Crippen LogP contribution is -2.21. The summed E-state index contributed by atoms with van der Waals surface area (Å²) in [5, 5.41) is 4.32. The normalized spacial score (nSPS) is 10.5. The highest BCUT2D eigenvalue weighted by molar-refractivity contribution is 6.36. The number of anilines is 3. The topological polar surface area (TPSA) is 53.9 Å². The standard InChI is InChI=1S/C18H17Cl2N5/c1-25(9-6-13-4-7-21-8-5-13)18-11-17(22-12-23-18)24-16-3-2-14(19)10-15(16)20/h2-5,7-8,10-12H,6,9H2,1H3,(H,22,23,24). The first-order valence-electron chi connectivity index (χ1n) is 7.76. The molecule has 0 aliphatic carbocycles. The van der Waals surface area contributed by atoms with Crippen molar-refractivity contribution < 1.29 is 0 Å². The van der Waals surface area contributed by atoms with Gasteiger partial charge in [0.1, 0.15) is 18.0 Å². The van der Waals surface area contributed by atoms with E-state index in [2.05, 4.69) is 25.2 Å². The van der Waals surface area contributed by atoms with Gasteiger partial charge in [0.25, 0.3) is 0 Å². The van der Waals surface area contributed by atoms with Crippen LogP contribution >= 0.6 is 23.2 Å². The van der Waals surface area contributed by atoms with Crippen LogP contribution in [0.1, 0.15) is 5.56 Å².